The van der Waals surface area contributed by atoms with E-state index in [1.54, 1.807) is 28.4 Å². The van der Waals surface area contributed by atoms with Crippen molar-refractivity contribution >= 4 is 0 Å². The first kappa shape index (κ1) is 15.8. The van der Waals surface area contributed by atoms with Crippen LogP contribution in [0.25, 0.3) is 0 Å². The lowest BCUT2D eigenvalue weighted by Gasteiger charge is -2.44. The lowest BCUT2D eigenvalue weighted by molar-refractivity contribution is -0.312. The van der Waals surface area contributed by atoms with E-state index >= 15 is 0 Å². The van der Waals surface area contributed by atoms with Gasteiger partial charge in [0.25, 0.3) is 0 Å². The van der Waals surface area contributed by atoms with Crippen LogP contribution in [0.4, 0.5) is 0 Å². The second-order valence-electron chi connectivity index (χ2n) is 4.05. The van der Waals surface area contributed by atoms with Gasteiger partial charge in [-0.3, -0.25) is 0 Å². The third-order valence-corrected chi connectivity index (χ3v) is 3.07. The van der Waals surface area contributed by atoms with E-state index in [1.165, 1.54) is 0 Å². The summed E-state index contributed by atoms with van der Waals surface area (Å²) < 4.78 is 32.9. The van der Waals surface area contributed by atoms with E-state index in [0.717, 1.165) is 0 Å². The van der Waals surface area contributed by atoms with Crippen LogP contribution in [-0.4, -0.2) is 72.4 Å². The molecule has 1 aliphatic rings. The Balaban J connectivity index is 2.84. The number of methoxy groups -OCH3 is 4. The Morgan fingerprint density at radius 3 is 1.94 bits per heavy atom. The average molecular weight is 264 g/mol. The Kier molecular flexibility index (Phi) is 7.06. The van der Waals surface area contributed by atoms with E-state index in [0.29, 0.717) is 13.2 Å². The first-order valence-electron chi connectivity index (χ1n) is 6.07. The Morgan fingerprint density at radius 2 is 1.50 bits per heavy atom. The van der Waals surface area contributed by atoms with Gasteiger partial charge in [-0.2, -0.15) is 0 Å². The van der Waals surface area contributed by atoms with Crippen molar-refractivity contribution < 1.29 is 28.4 Å². The normalized spacial score (nSPS) is 36.8. The summed E-state index contributed by atoms with van der Waals surface area (Å²) in [5.41, 5.74) is 0. The Bertz CT molecular complexity index is 205. The summed E-state index contributed by atoms with van der Waals surface area (Å²) in [5.74, 6) is 0. The Morgan fingerprint density at radius 1 is 0.889 bits per heavy atom. The van der Waals surface area contributed by atoms with Crippen molar-refractivity contribution in [2.24, 2.45) is 0 Å². The quantitative estimate of drug-likeness (QED) is 0.665. The lowest BCUT2D eigenvalue weighted by atomic mass is 9.98. The Labute approximate surface area is 108 Å². The molecule has 0 bridgehead atoms. The number of ether oxygens (including phenoxy) is 6. The minimum absolute atomic E-state index is 0.243. The number of hydrogen-bond acceptors (Lipinski definition) is 6. The van der Waals surface area contributed by atoms with Gasteiger partial charge in [-0.25, -0.2) is 0 Å². The SMILES string of the molecule is CCO[C@H]1O[C@H](COC)[C@H](OC)[C@H](OC)[C@H]1OC. The molecule has 0 aliphatic carbocycles. The van der Waals surface area contributed by atoms with Crippen LogP contribution in [0.15, 0.2) is 0 Å². The largest absolute Gasteiger partial charge is 0.382 e. The molecule has 0 amide bonds. The van der Waals surface area contributed by atoms with Crippen molar-refractivity contribution in [3.05, 3.63) is 0 Å². The topological polar surface area (TPSA) is 55.4 Å². The highest BCUT2D eigenvalue weighted by Crippen LogP contribution is 2.27. The molecule has 0 aromatic heterocycles. The zero-order valence-corrected chi connectivity index (χ0v) is 11.8. The molecular formula is C12H24O6. The minimum Gasteiger partial charge on any atom is -0.382 e. The summed E-state index contributed by atoms with van der Waals surface area (Å²) in [4.78, 5) is 0. The van der Waals surface area contributed by atoms with Gasteiger partial charge in [0.2, 0.25) is 0 Å². The molecule has 0 radical (unpaired) electrons. The fraction of sp³-hybridized carbons (Fsp3) is 1.00. The molecule has 0 unspecified atom stereocenters. The average Bonchev–Trinajstić information content (AvgIpc) is 2.38. The number of hydrogen-bond donors (Lipinski definition) is 0. The molecule has 0 spiro atoms. The highest BCUT2D eigenvalue weighted by molar-refractivity contribution is 4.92. The summed E-state index contributed by atoms with van der Waals surface area (Å²) >= 11 is 0. The van der Waals surface area contributed by atoms with Crippen molar-refractivity contribution in [2.75, 3.05) is 41.7 Å². The number of rotatable bonds is 7. The third-order valence-electron chi connectivity index (χ3n) is 3.07. The molecule has 1 fully saturated rings. The van der Waals surface area contributed by atoms with E-state index in [4.69, 9.17) is 28.4 Å². The van der Waals surface area contributed by atoms with Crippen LogP contribution in [0.3, 0.4) is 0 Å². The van der Waals surface area contributed by atoms with Gasteiger partial charge < -0.3 is 28.4 Å². The van der Waals surface area contributed by atoms with Crippen LogP contribution in [0.1, 0.15) is 6.92 Å². The highest BCUT2D eigenvalue weighted by atomic mass is 16.7. The first-order chi connectivity index (χ1) is 8.73. The second kappa shape index (κ2) is 8.04. The van der Waals surface area contributed by atoms with Gasteiger partial charge in [0.15, 0.2) is 6.29 Å². The van der Waals surface area contributed by atoms with E-state index in [9.17, 15) is 0 Å². The van der Waals surface area contributed by atoms with Crippen LogP contribution in [0.5, 0.6) is 0 Å². The maximum atomic E-state index is 5.83. The molecule has 108 valence electrons. The summed E-state index contributed by atoms with van der Waals surface area (Å²) in [6.07, 6.45) is -1.56. The molecule has 0 aromatic rings. The molecule has 1 saturated heterocycles. The lowest BCUT2D eigenvalue weighted by Crippen LogP contribution is -2.61. The van der Waals surface area contributed by atoms with Gasteiger partial charge in [0.1, 0.15) is 24.4 Å². The molecule has 0 N–H and O–H groups in total. The van der Waals surface area contributed by atoms with Crippen molar-refractivity contribution in [2.45, 2.75) is 37.6 Å². The molecule has 6 heteroatoms. The van der Waals surface area contributed by atoms with Crippen molar-refractivity contribution in [3.8, 4) is 0 Å². The van der Waals surface area contributed by atoms with E-state index in [-0.39, 0.29) is 24.4 Å². The smallest absolute Gasteiger partial charge is 0.186 e. The van der Waals surface area contributed by atoms with Gasteiger partial charge in [0.05, 0.1) is 6.61 Å². The molecule has 1 rings (SSSR count). The molecule has 1 heterocycles. The molecule has 18 heavy (non-hydrogen) atoms. The first-order valence-corrected chi connectivity index (χ1v) is 6.07. The molecule has 6 nitrogen and oxygen atoms in total. The van der Waals surface area contributed by atoms with Gasteiger partial charge >= 0.3 is 0 Å². The van der Waals surface area contributed by atoms with Gasteiger partial charge in [0, 0.05) is 35.0 Å². The van der Waals surface area contributed by atoms with Gasteiger partial charge in [-0.05, 0) is 6.92 Å². The predicted molar refractivity (Wildman–Crippen MR) is 64.6 cm³/mol. The van der Waals surface area contributed by atoms with E-state index < -0.39 is 6.29 Å². The summed E-state index contributed by atoms with van der Waals surface area (Å²) in [6, 6.07) is 0. The van der Waals surface area contributed by atoms with E-state index in [2.05, 4.69) is 0 Å². The van der Waals surface area contributed by atoms with Crippen molar-refractivity contribution in [3.63, 3.8) is 0 Å². The maximum absolute atomic E-state index is 5.83. The maximum Gasteiger partial charge on any atom is 0.186 e. The summed E-state index contributed by atoms with van der Waals surface area (Å²) in [7, 11) is 6.47. The summed E-state index contributed by atoms with van der Waals surface area (Å²) in [5, 5.41) is 0. The van der Waals surface area contributed by atoms with Gasteiger partial charge in [-0.1, -0.05) is 0 Å². The molecule has 1 aliphatic heterocycles. The van der Waals surface area contributed by atoms with Crippen LogP contribution in [0, 0.1) is 0 Å². The fourth-order valence-corrected chi connectivity index (χ4v) is 2.28. The standard InChI is InChI=1S/C12H24O6/c1-6-17-12-11(16-5)10(15-4)9(14-3)8(18-12)7-13-2/h8-12H,6-7H2,1-5H3/t8-,9+,10+,11-,12+/m1/s1. The zero-order chi connectivity index (χ0) is 13.5. The van der Waals surface area contributed by atoms with Crippen molar-refractivity contribution in [1.29, 1.82) is 0 Å². The van der Waals surface area contributed by atoms with Crippen LogP contribution in [-0.2, 0) is 28.4 Å². The molecule has 0 saturated carbocycles. The van der Waals surface area contributed by atoms with Gasteiger partial charge in [-0.15, -0.1) is 0 Å². The minimum atomic E-state index is -0.475. The fourth-order valence-electron chi connectivity index (χ4n) is 2.28. The molecule has 5 atom stereocenters. The van der Waals surface area contributed by atoms with Crippen LogP contribution >= 0.6 is 0 Å². The predicted octanol–water partition coefficient (Wildman–Crippen LogP) is 0.439. The Hall–Kier alpha value is -0.240. The zero-order valence-electron chi connectivity index (χ0n) is 11.8. The third kappa shape index (κ3) is 3.40. The van der Waals surface area contributed by atoms with E-state index in [1.807, 2.05) is 6.92 Å². The monoisotopic (exact) mass is 264 g/mol. The molecular weight excluding hydrogens is 240 g/mol. The van der Waals surface area contributed by atoms with Crippen LogP contribution in [0.2, 0.25) is 0 Å². The summed E-state index contributed by atoms with van der Waals surface area (Å²) in [6.45, 7) is 2.86. The molecule has 0 aromatic carbocycles. The second-order valence-corrected chi connectivity index (χ2v) is 4.05. The highest BCUT2D eigenvalue weighted by Gasteiger charge is 2.47. The van der Waals surface area contributed by atoms with Crippen LogP contribution < -0.4 is 0 Å². The van der Waals surface area contributed by atoms with Crippen molar-refractivity contribution in [1.82, 2.24) is 0 Å².